The van der Waals surface area contributed by atoms with E-state index in [1.54, 1.807) is 12.1 Å². The molecule has 4 N–H and O–H groups in total. The maximum absolute atomic E-state index is 6.01. The standard InChI is InChI=1S/C9H8ClN5/c10-6-1-5(11)2-7(12)8(6)9-14-3-13-4-15-9/h1-4H,11-12H2. The van der Waals surface area contributed by atoms with E-state index in [4.69, 9.17) is 23.1 Å². The van der Waals surface area contributed by atoms with Crippen LogP contribution in [0.1, 0.15) is 0 Å². The fourth-order valence-electron chi connectivity index (χ4n) is 1.25. The topological polar surface area (TPSA) is 90.7 Å². The molecule has 2 rings (SSSR count). The molecule has 2 aromatic rings. The Morgan fingerprint density at radius 3 is 2.33 bits per heavy atom. The maximum atomic E-state index is 6.01. The Morgan fingerprint density at radius 2 is 1.73 bits per heavy atom. The van der Waals surface area contributed by atoms with Gasteiger partial charge >= 0.3 is 0 Å². The summed E-state index contributed by atoms with van der Waals surface area (Å²) in [6.07, 6.45) is 2.77. The van der Waals surface area contributed by atoms with E-state index in [1.165, 1.54) is 12.7 Å². The Bertz CT molecular complexity index is 462. The highest BCUT2D eigenvalue weighted by molar-refractivity contribution is 6.34. The SMILES string of the molecule is Nc1cc(N)c(-c2ncncn2)c(Cl)c1. The van der Waals surface area contributed by atoms with Crippen molar-refractivity contribution in [1.29, 1.82) is 0 Å². The fourth-order valence-corrected chi connectivity index (χ4v) is 1.57. The highest BCUT2D eigenvalue weighted by Crippen LogP contribution is 2.32. The van der Waals surface area contributed by atoms with Crippen molar-refractivity contribution in [2.45, 2.75) is 0 Å². The normalized spacial score (nSPS) is 10.2. The fraction of sp³-hybridized carbons (Fsp3) is 0. The second-order valence-electron chi connectivity index (χ2n) is 2.93. The third-order valence-corrected chi connectivity index (χ3v) is 2.16. The maximum Gasteiger partial charge on any atom is 0.166 e. The van der Waals surface area contributed by atoms with E-state index in [2.05, 4.69) is 15.0 Å². The molecule has 0 saturated heterocycles. The lowest BCUT2D eigenvalue weighted by atomic mass is 10.1. The monoisotopic (exact) mass is 221 g/mol. The number of aromatic nitrogens is 3. The van der Waals surface area contributed by atoms with Crippen LogP contribution in [0, 0.1) is 0 Å². The highest BCUT2D eigenvalue weighted by atomic mass is 35.5. The summed E-state index contributed by atoms with van der Waals surface area (Å²) in [5.41, 5.74) is 12.9. The molecular weight excluding hydrogens is 214 g/mol. The van der Waals surface area contributed by atoms with Crippen molar-refractivity contribution in [1.82, 2.24) is 15.0 Å². The zero-order valence-electron chi connectivity index (χ0n) is 7.68. The molecule has 1 aromatic heterocycles. The van der Waals surface area contributed by atoms with E-state index < -0.39 is 0 Å². The van der Waals surface area contributed by atoms with Crippen LogP contribution in [0.5, 0.6) is 0 Å². The molecule has 1 aromatic carbocycles. The smallest absolute Gasteiger partial charge is 0.166 e. The average molecular weight is 222 g/mol. The first-order valence-corrected chi connectivity index (χ1v) is 4.53. The largest absolute Gasteiger partial charge is 0.399 e. The predicted molar refractivity (Wildman–Crippen MR) is 59.1 cm³/mol. The zero-order valence-corrected chi connectivity index (χ0v) is 8.44. The second kappa shape index (κ2) is 3.70. The molecule has 0 radical (unpaired) electrons. The Labute approximate surface area is 91.1 Å². The summed E-state index contributed by atoms with van der Waals surface area (Å²) >= 11 is 6.01. The molecule has 0 spiro atoms. The molecule has 5 nitrogen and oxygen atoms in total. The number of hydrogen-bond acceptors (Lipinski definition) is 5. The molecule has 0 atom stereocenters. The first kappa shape index (κ1) is 9.67. The van der Waals surface area contributed by atoms with Gasteiger partial charge in [0.05, 0.1) is 10.6 Å². The van der Waals surface area contributed by atoms with Crippen molar-refractivity contribution in [2.75, 3.05) is 11.5 Å². The number of rotatable bonds is 1. The molecule has 0 unspecified atom stereocenters. The highest BCUT2D eigenvalue weighted by Gasteiger charge is 2.10. The summed E-state index contributed by atoms with van der Waals surface area (Å²) in [4.78, 5) is 11.7. The first-order valence-electron chi connectivity index (χ1n) is 4.15. The van der Waals surface area contributed by atoms with Crippen molar-refractivity contribution >= 4 is 23.0 Å². The van der Waals surface area contributed by atoms with Crippen LogP contribution in [0.3, 0.4) is 0 Å². The molecule has 0 aliphatic rings. The quantitative estimate of drug-likeness (QED) is 0.710. The first-order chi connectivity index (χ1) is 7.18. The molecule has 15 heavy (non-hydrogen) atoms. The minimum Gasteiger partial charge on any atom is -0.399 e. The third-order valence-electron chi connectivity index (χ3n) is 1.86. The van der Waals surface area contributed by atoms with Gasteiger partial charge < -0.3 is 11.5 Å². The molecule has 0 aliphatic carbocycles. The van der Waals surface area contributed by atoms with Gasteiger partial charge in [-0.15, -0.1) is 0 Å². The van der Waals surface area contributed by atoms with Crippen LogP contribution in [-0.2, 0) is 0 Å². The van der Waals surface area contributed by atoms with Gasteiger partial charge in [-0.2, -0.15) is 0 Å². The van der Waals surface area contributed by atoms with Crippen molar-refractivity contribution in [3.8, 4) is 11.4 Å². The Kier molecular flexibility index (Phi) is 2.39. The lowest BCUT2D eigenvalue weighted by Crippen LogP contribution is -1.97. The van der Waals surface area contributed by atoms with E-state index in [1.807, 2.05) is 0 Å². The van der Waals surface area contributed by atoms with Gasteiger partial charge in [-0.3, -0.25) is 0 Å². The molecule has 0 saturated carbocycles. The van der Waals surface area contributed by atoms with Crippen molar-refractivity contribution < 1.29 is 0 Å². The van der Waals surface area contributed by atoms with Crippen LogP contribution in [0.25, 0.3) is 11.4 Å². The van der Waals surface area contributed by atoms with Crippen LogP contribution in [0.15, 0.2) is 24.8 Å². The molecule has 0 fully saturated rings. The minimum absolute atomic E-state index is 0.429. The van der Waals surface area contributed by atoms with Gasteiger partial charge in [-0.1, -0.05) is 11.6 Å². The van der Waals surface area contributed by atoms with Crippen molar-refractivity contribution in [3.63, 3.8) is 0 Å². The summed E-state index contributed by atoms with van der Waals surface area (Å²) in [6.45, 7) is 0. The van der Waals surface area contributed by atoms with Gasteiger partial charge in [0.1, 0.15) is 12.7 Å². The summed E-state index contributed by atoms with van der Waals surface area (Å²) in [5, 5.41) is 0.429. The van der Waals surface area contributed by atoms with Gasteiger partial charge in [-0.05, 0) is 12.1 Å². The Hall–Kier alpha value is -1.88. The van der Waals surface area contributed by atoms with Crippen LogP contribution in [0.4, 0.5) is 11.4 Å². The van der Waals surface area contributed by atoms with Gasteiger partial charge in [-0.25, -0.2) is 15.0 Å². The summed E-state index contributed by atoms with van der Waals surface area (Å²) in [5.74, 6) is 0.438. The van der Waals surface area contributed by atoms with E-state index >= 15 is 0 Å². The van der Waals surface area contributed by atoms with Gasteiger partial charge in [0.25, 0.3) is 0 Å². The molecular formula is C9H8ClN5. The molecule has 1 heterocycles. The van der Waals surface area contributed by atoms with Gasteiger partial charge in [0.15, 0.2) is 5.82 Å². The molecule has 0 bridgehead atoms. The number of nitrogens with two attached hydrogens (primary N) is 2. The lowest BCUT2D eigenvalue weighted by Gasteiger charge is -2.07. The van der Waals surface area contributed by atoms with Crippen LogP contribution in [0.2, 0.25) is 5.02 Å². The molecule has 0 aliphatic heterocycles. The van der Waals surface area contributed by atoms with Gasteiger partial charge in [0.2, 0.25) is 0 Å². The average Bonchev–Trinajstić information content (AvgIpc) is 2.17. The van der Waals surface area contributed by atoms with E-state index in [0.717, 1.165) is 0 Å². The number of anilines is 2. The summed E-state index contributed by atoms with van der Waals surface area (Å²) in [6, 6.07) is 3.22. The van der Waals surface area contributed by atoms with Gasteiger partial charge in [0, 0.05) is 11.4 Å². The number of hydrogen-bond donors (Lipinski definition) is 2. The zero-order chi connectivity index (χ0) is 10.8. The lowest BCUT2D eigenvalue weighted by molar-refractivity contribution is 1.06. The van der Waals surface area contributed by atoms with Crippen LogP contribution in [-0.4, -0.2) is 15.0 Å². The molecule has 0 amide bonds. The van der Waals surface area contributed by atoms with Crippen molar-refractivity contribution in [3.05, 3.63) is 29.8 Å². The Morgan fingerprint density at radius 1 is 1.07 bits per heavy atom. The van der Waals surface area contributed by atoms with Crippen LogP contribution >= 0.6 is 11.6 Å². The van der Waals surface area contributed by atoms with E-state index in [9.17, 15) is 0 Å². The van der Waals surface area contributed by atoms with Crippen LogP contribution < -0.4 is 11.5 Å². The van der Waals surface area contributed by atoms with E-state index in [0.29, 0.717) is 27.8 Å². The van der Waals surface area contributed by atoms with E-state index in [-0.39, 0.29) is 0 Å². The number of halogens is 1. The summed E-state index contributed by atoms with van der Waals surface area (Å²) < 4.78 is 0. The number of nitrogens with zero attached hydrogens (tertiary/aromatic N) is 3. The predicted octanol–water partition coefficient (Wildman–Crippen LogP) is 1.36. The second-order valence-corrected chi connectivity index (χ2v) is 3.34. The summed E-state index contributed by atoms with van der Waals surface area (Å²) in [7, 11) is 0. The minimum atomic E-state index is 0.429. The molecule has 76 valence electrons. The number of benzene rings is 1. The molecule has 6 heteroatoms. The Balaban J connectivity index is 2.64. The number of nitrogen functional groups attached to an aromatic ring is 2. The third kappa shape index (κ3) is 1.82. The van der Waals surface area contributed by atoms with Crippen molar-refractivity contribution in [2.24, 2.45) is 0 Å².